The topological polar surface area (TPSA) is 53.9 Å². The van der Waals surface area contributed by atoms with Crippen molar-refractivity contribution in [3.05, 3.63) is 53.3 Å². The van der Waals surface area contributed by atoms with Gasteiger partial charge < -0.3 is 10.2 Å². The zero-order valence-corrected chi connectivity index (χ0v) is 15.3. The zero-order chi connectivity index (χ0) is 17.9. The van der Waals surface area contributed by atoms with Gasteiger partial charge in [-0.15, -0.1) is 21.5 Å². The van der Waals surface area contributed by atoms with Gasteiger partial charge in [-0.05, 0) is 56.2 Å². The lowest BCUT2D eigenvalue weighted by molar-refractivity contribution is 0.522. The van der Waals surface area contributed by atoms with E-state index in [1.165, 1.54) is 12.1 Å². The quantitative estimate of drug-likeness (QED) is 0.749. The lowest BCUT2D eigenvalue weighted by atomic mass is 10.1. The molecule has 2 aromatic heterocycles. The molecule has 1 N–H and O–H groups in total. The summed E-state index contributed by atoms with van der Waals surface area (Å²) in [7, 11) is 0. The van der Waals surface area contributed by atoms with Crippen LogP contribution in [-0.2, 0) is 0 Å². The summed E-state index contributed by atoms with van der Waals surface area (Å²) in [5.41, 5.74) is 2.68. The first kappa shape index (κ1) is 16.9. The number of aryl methyl sites for hydroxylation is 1. The largest absolute Gasteiger partial charge is 0.359 e. The number of piperidine rings is 1. The van der Waals surface area contributed by atoms with Crippen LogP contribution in [0.1, 0.15) is 18.5 Å². The van der Waals surface area contributed by atoms with E-state index in [0.717, 1.165) is 53.8 Å². The second-order valence-electron chi connectivity index (χ2n) is 6.48. The molecule has 3 aromatic rings. The maximum Gasteiger partial charge on any atom is 0.183 e. The number of thiazole rings is 1. The third-order valence-electron chi connectivity index (χ3n) is 4.56. The summed E-state index contributed by atoms with van der Waals surface area (Å²) in [4.78, 5) is 6.73. The van der Waals surface area contributed by atoms with Gasteiger partial charge in [-0.3, -0.25) is 0 Å². The Labute approximate surface area is 155 Å². The third kappa shape index (κ3) is 3.83. The summed E-state index contributed by atoms with van der Waals surface area (Å²) in [6.45, 7) is 3.89. The minimum Gasteiger partial charge on any atom is -0.359 e. The SMILES string of the molecule is Cc1csc(NC2CCN(c3ccc(-c4ccc(F)cc4)nn3)CC2)n1. The van der Waals surface area contributed by atoms with Crippen molar-refractivity contribution in [3.63, 3.8) is 0 Å². The summed E-state index contributed by atoms with van der Waals surface area (Å²) in [5, 5.41) is 15.3. The van der Waals surface area contributed by atoms with E-state index in [-0.39, 0.29) is 5.82 Å². The molecule has 1 aliphatic rings. The van der Waals surface area contributed by atoms with Crippen molar-refractivity contribution in [1.82, 2.24) is 15.2 Å². The van der Waals surface area contributed by atoms with Crippen molar-refractivity contribution in [2.24, 2.45) is 0 Å². The molecule has 26 heavy (non-hydrogen) atoms. The Morgan fingerprint density at radius 3 is 2.46 bits per heavy atom. The smallest absolute Gasteiger partial charge is 0.183 e. The summed E-state index contributed by atoms with van der Waals surface area (Å²) in [6.07, 6.45) is 2.08. The maximum atomic E-state index is 13.0. The van der Waals surface area contributed by atoms with Crippen molar-refractivity contribution < 1.29 is 4.39 Å². The average Bonchev–Trinajstić information content (AvgIpc) is 3.08. The molecule has 0 aliphatic carbocycles. The van der Waals surface area contributed by atoms with Gasteiger partial charge in [0.15, 0.2) is 10.9 Å². The van der Waals surface area contributed by atoms with Gasteiger partial charge >= 0.3 is 0 Å². The molecule has 0 spiro atoms. The maximum absolute atomic E-state index is 13.0. The summed E-state index contributed by atoms with van der Waals surface area (Å²) in [5.74, 6) is 0.641. The zero-order valence-electron chi connectivity index (χ0n) is 14.5. The van der Waals surface area contributed by atoms with Crippen LogP contribution in [0.4, 0.5) is 15.3 Å². The Morgan fingerprint density at radius 2 is 1.85 bits per heavy atom. The number of nitrogens with one attached hydrogen (secondary N) is 1. The van der Waals surface area contributed by atoms with Crippen LogP contribution < -0.4 is 10.2 Å². The summed E-state index contributed by atoms with van der Waals surface area (Å²) < 4.78 is 13.0. The molecule has 1 fully saturated rings. The fourth-order valence-electron chi connectivity index (χ4n) is 3.12. The lowest BCUT2D eigenvalue weighted by Gasteiger charge is -2.32. The highest BCUT2D eigenvalue weighted by molar-refractivity contribution is 7.13. The van der Waals surface area contributed by atoms with Gasteiger partial charge in [-0.2, -0.15) is 0 Å². The van der Waals surface area contributed by atoms with Crippen LogP contribution >= 0.6 is 11.3 Å². The van der Waals surface area contributed by atoms with Gasteiger partial charge in [-0.25, -0.2) is 9.37 Å². The fourth-order valence-corrected chi connectivity index (χ4v) is 3.88. The van der Waals surface area contributed by atoms with E-state index in [4.69, 9.17) is 0 Å². The predicted octanol–water partition coefficient (Wildman–Crippen LogP) is 4.13. The van der Waals surface area contributed by atoms with E-state index in [1.54, 1.807) is 23.5 Å². The summed E-state index contributed by atoms with van der Waals surface area (Å²) in [6, 6.07) is 10.7. The Hall–Kier alpha value is -2.54. The molecule has 5 nitrogen and oxygen atoms in total. The normalized spacial score (nSPS) is 15.2. The number of anilines is 2. The molecule has 0 saturated carbocycles. The molecule has 0 amide bonds. The molecular formula is C19H20FN5S. The van der Waals surface area contributed by atoms with Crippen molar-refractivity contribution in [2.75, 3.05) is 23.3 Å². The molecule has 1 saturated heterocycles. The Morgan fingerprint density at radius 1 is 1.08 bits per heavy atom. The highest BCUT2D eigenvalue weighted by Gasteiger charge is 2.21. The molecule has 0 unspecified atom stereocenters. The predicted molar refractivity (Wildman–Crippen MR) is 103 cm³/mol. The first-order valence-electron chi connectivity index (χ1n) is 8.71. The molecule has 4 rings (SSSR count). The minimum atomic E-state index is -0.247. The second-order valence-corrected chi connectivity index (χ2v) is 7.34. The van der Waals surface area contributed by atoms with Gasteiger partial charge in [0.25, 0.3) is 0 Å². The number of benzene rings is 1. The molecule has 7 heteroatoms. The van der Waals surface area contributed by atoms with E-state index >= 15 is 0 Å². The van der Waals surface area contributed by atoms with Crippen molar-refractivity contribution in [2.45, 2.75) is 25.8 Å². The highest BCUT2D eigenvalue weighted by Crippen LogP contribution is 2.24. The molecule has 134 valence electrons. The van der Waals surface area contributed by atoms with Gasteiger partial charge in [0, 0.05) is 30.1 Å². The first-order valence-corrected chi connectivity index (χ1v) is 9.58. The fraction of sp³-hybridized carbons (Fsp3) is 0.316. The van der Waals surface area contributed by atoms with Crippen LogP contribution in [0.3, 0.4) is 0 Å². The molecule has 0 radical (unpaired) electrons. The van der Waals surface area contributed by atoms with Crippen molar-refractivity contribution >= 4 is 22.3 Å². The number of nitrogens with zero attached hydrogens (tertiary/aromatic N) is 4. The number of halogens is 1. The molecule has 0 bridgehead atoms. The van der Waals surface area contributed by atoms with E-state index in [2.05, 4.69) is 30.8 Å². The number of aromatic nitrogens is 3. The number of hydrogen-bond acceptors (Lipinski definition) is 6. The third-order valence-corrected chi connectivity index (χ3v) is 5.45. The highest BCUT2D eigenvalue weighted by atomic mass is 32.1. The number of hydrogen-bond donors (Lipinski definition) is 1. The summed E-state index contributed by atoms with van der Waals surface area (Å²) >= 11 is 1.66. The Kier molecular flexibility index (Phi) is 4.79. The standard InChI is InChI=1S/C19H20FN5S/c1-13-12-26-19(21-13)22-16-8-10-25(11-9-16)18-7-6-17(23-24-18)14-2-4-15(20)5-3-14/h2-7,12,16H,8-11H2,1H3,(H,21,22). The molecule has 1 aliphatic heterocycles. The van der Waals surface area contributed by atoms with E-state index in [9.17, 15) is 4.39 Å². The van der Waals surface area contributed by atoms with Crippen LogP contribution in [0.5, 0.6) is 0 Å². The monoisotopic (exact) mass is 369 g/mol. The van der Waals surface area contributed by atoms with Crippen molar-refractivity contribution in [3.8, 4) is 11.3 Å². The van der Waals surface area contributed by atoms with Crippen LogP contribution in [0, 0.1) is 12.7 Å². The van der Waals surface area contributed by atoms with E-state index in [1.807, 2.05) is 19.1 Å². The van der Waals surface area contributed by atoms with Crippen LogP contribution in [-0.4, -0.2) is 34.3 Å². The van der Waals surface area contributed by atoms with Gasteiger partial charge in [0.05, 0.1) is 11.4 Å². The number of rotatable bonds is 4. The van der Waals surface area contributed by atoms with Crippen molar-refractivity contribution in [1.29, 1.82) is 0 Å². The Balaban J connectivity index is 1.36. The Bertz CT molecular complexity index is 854. The van der Waals surface area contributed by atoms with E-state index < -0.39 is 0 Å². The van der Waals surface area contributed by atoms with Gasteiger partial charge in [-0.1, -0.05) is 0 Å². The van der Waals surface area contributed by atoms with Gasteiger partial charge in [0.1, 0.15) is 5.82 Å². The first-order chi connectivity index (χ1) is 12.7. The molecular weight excluding hydrogens is 349 g/mol. The van der Waals surface area contributed by atoms with Crippen LogP contribution in [0.2, 0.25) is 0 Å². The molecule has 0 atom stereocenters. The molecule has 3 heterocycles. The van der Waals surface area contributed by atoms with Crippen LogP contribution in [0.25, 0.3) is 11.3 Å². The minimum absolute atomic E-state index is 0.247. The van der Waals surface area contributed by atoms with Gasteiger partial charge in [0.2, 0.25) is 0 Å². The van der Waals surface area contributed by atoms with E-state index in [0.29, 0.717) is 6.04 Å². The van der Waals surface area contributed by atoms with Crippen LogP contribution in [0.15, 0.2) is 41.8 Å². The molecule has 1 aromatic carbocycles. The average molecular weight is 369 g/mol. The lowest BCUT2D eigenvalue weighted by Crippen LogP contribution is -2.39. The second kappa shape index (κ2) is 7.37.